The Morgan fingerprint density at radius 1 is 1.21 bits per heavy atom. The summed E-state index contributed by atoms with van der Waals surface area (Å²) in [6.07, 6.45) is 5.62. The number of benzene rings is 1. The van der Waals surface area contributed by atoms with E-state index < -0.39 is 11.3 Å². The number of H-pyrrole nitrogens is 1. The highest BCUT2D eigenvalue weighted by molar-refractivity contribution is 5.87. The summed E-state index contributed by atoms with van der Waals surface area (Å²) in [6.45, 7) is 1.99. The molecule has 0 saturated heterocycles. The van der Waals surface area contributed by atoms with Gasteiger partial charge in [0.15, 0.2) is 5.78 Å². The van der Waals surface area contributed by atoms with Crippen LogP contribution in [0, 0.1) is 29.1 Å². The van der Waals surface area contributed by atoms with E-state index in [4.69, 9.17) is 5.10 Å². The first-order valence-corrected chi connectivity index (χ1v) is 10.0. The number of hydrogen-bond acceptors (Lipinski definition) is 5. The molecular formula is C23H21N5O. The summed E-state index contributed by atoms with van der Waals surface area (Å²) in [5.74, 6) is -0.595. The van der Waals surface area contributed by atoms with Gasteiger partial charge < -0.3 is 0 Å². The maximum Gasteiger partial charge on any atom is 0.153 e. The zero-order chi connectivity index (χ0) is 20.0. The molecule has 5 rings (SSSR count). The van der Waals surface area contributed by atoms with Crippen LogP contribution >= 0.6 is 0 Å². The first kappa shape index (κ1) is 17.7. The fourth-order valence-corrected chi connectivity index (χ4v) is 5.55. The second-order valence-electron chi connectivity index (χ2n) is 8.12. The highest BCUT2D eigenvalue weighted by Crippen LogP contribution is 2.56. The Labute approximate surface area is 169 Å². The number of hydrogen-bond donors (Lipinski definition) is 1. The fourth-order valence-electron chi connectivity index (χ4n) is 5.55. The lowest BCUT2D eigenvalue weighted by Crippen LogP contribution is -2.52. The van der Waals surface area contributed by atoms with Crippen LogP contribution in [0.1, 0.15) is 36.6 Å². The molecule has 0 bridgehead atoms. The van der Waals surface area contributed by atoms with Gasteiger partial charge in [0.2, 0.25) is 0 Å². The molecule has 0 radical (unpaired) electrons. The molecule has 0 aliphatic heterocycles. The van der Waals surface area contributed by atoms with Crippen LogP contribution in [0.2, 0.25) is 0 Å². The number of nitriles is 1. The number of Topliss-reactive ketones (excluding diaryl/α,β-unsaturated/α-hetero) is 1. The highest BCUT2D eigenvalue weighted by Gasteiger charge is 2.56. The topological polar surface area (TPSA) is 95.3 Å². The summed E-state index contributed by atoms with van der Waals surface area (Å²) in [6, 6.07) is 14.5. The molecule has 1 aromatic carbocycles. The second kappa shape index (κ2) is 6.63. The Morgan fingerprint density at radius 3 is 2.76 bits per heavy atom. The molecule has 2 aliphatic rings. The minimum absolute atomic E-state index is 0.0709. The van der Waals surface area contributed by atoms with E-state index in [1.54, 1.807) is 12.4 Å². The van der Waals surface area contributed by atoms with Crippen LogP contribution in [0.15, 0.2) is 48.8 Å². The van der Waals surface area contributed by atoms with Crippen molar-refractivity contribution in [2.24, 2.45) is 17.8 Å². The van der Waals surface area contributed by atoms with Crippen LogP contribution in [-0.2, 0) is 16.6 Å². The summed E-state index contributed by atoms with van der Waals surface area (Å²) in [5, 5.41) is 25.7. The van der Waals surface area contributed by atoms with E-state index in [1.165, 1.54) is 0 Å². The Hall–Kier alpha value is -3.33. The van der Waals surface area contributed by atoms with Crippen LogP contribution < -0.4 is 0 Å². The van der Waals surface area contributed by atoms with E-state index >= 15 is 0 Å². The van der Waals surface area contributed by atoms with Crippen LogP contribution in [0.25, 0.3) is 11.3 Å². The third-order valence-corrected chi connectivity index (χ3v) is 6.87. The van der Waals surface area contributed by atoms with E-state index in [0.29, 0.717) is 6.42 Å². The molecule has 6 nitrogen and oxygen atoms in total. The van der Waals surface area contributed by atoms with Crippen LogP contribution in [-0.4, -0.2) is 26.2 Å². The summed E-state index contributed by atoms with van der Waals surface area (Å²) < 4.78 is 0. The summed E-state index contributed by atoms with van der Waals surface area (Å²) >= 11 is 0. The molecule has 2 heterocycles. The van der Waals surface area contributed by atoms with Crippen LogP contribution in [0.3, 0.4) is 0 Å². The zero-order valence-corrected chi connectivity index (χ0v) is 16.2. The van der Waals surface area contributed by atoms with Gasteiger partial charge in [0.05, 0.1) is 29.9 Å². The minimum Gasteiger partial charge on any atom is -0.298 e. The molecule has 0 spiro atoms. The lowest BCUT2D eigenvalue weighted by atomic mass is 9.51. The third kappa shape index (κ3) is 2.47. The average molecular weight is 383 g/mol. The number of nitrogens with zero attached hydrogens (tertiary/aromatic N) is 4. The average Bonchev–Trinajstić information content (AvgIpc) is 3.22. The second-order valence-corrected chi connectivity index (χ2v) is 8.12. The highest BCUT2D eigenvalue weighted by atomic mass is 16.1. The molecule has 1 unspecified atom stereocenters. The molecule has 6 heteroatoms. The summed E-state index contributed by atoms with van der Waals surface area (Å²) in [5.41, 5.74) is 4.74. The van der Waals surface area contributed by atoms with Gasteiger partial charge in [-0.15, -0.1) is 0 Å². The lowest BCUT2D eigenvalue weighted by Gasteiger charge is -2.50. The van der Waals surface area contributed by atoms with Crippen molar-refractivity contribution < 1.29 is 4.79 Å². The summed E-state index contributed by atoms with van der Waals surface area (Å²) in [4.78, 5) is 12.9. The van der Waals surface area contributed by atoms with E-state index in [1.807, 2.05) is 31.2 Å². The van der Waals surface area contributed by atoms with Gasteiger partial charge in [-0.05, 0) is 36.8 Å². The molecule has 4 atom stereocenters. The molecular weight excluding hydrogens is 362 g/mol. The third-order valence-electron chi connectivity index (χ3n) is 6.87. The predicted molar refractivity (Wildman–Crippen MR) is 107 cm³/mol. The number of carbonyl (C=O) groups excluding carboxylic acids is 1. The van der Waals surface area contributed by atoms with Crippen molar-refractivity contribution in [2.45, 2.75) is 31.6 Å². The fraction of sp³-hybridized carbons (Fsp3) is 0.348. The molecule has 0 amide bonds. The molecule has 2 aromatic heterocycles. The summed E-state index contributed by atoms with van der Waals surface area (Å²) in [7, 11) is 0. The van der Waals surface area contributed by atoms with E-state index in [9.17, 15) is 10.1 Å². The molecule has 3 aromatic rings. The van der Waals surface area contributed by atoms with Crippen LogP contribution in [0.5, 0.6) is 0 Å². The Kier molecular flexibility index (Phi) is 4.06. The quantitative estimate of drug-likeness (QED) is 0.731. The largest absolute Gasteiger partial charge is 0.298 e. The van der Waals surface area contributed by atoms with E-state index in [0.717, 1.165) is 40.9 Å². The predicted octanol–water partition coefficient (Wildman–Crippen LogP) is 3.46. The van der Waals surface area contributed by atoms with Crippen molar-refractivity contribution in [3.63, 3.8) is 0 Å². The van der Waals surface area contributed by atoms with Gasteiger partial charge in [0.1, 0.15) is 5.92 Å². The van der Waals surface area contributed by atoms with Crippen molar-refractivity contribution in [3.8, 4) is 17.3 Å². The monoisotopic (exact) mass is 383 g/mol. The number of ketones is 1. The van der Waals surface area contributed by atoms with Gasteiger partial charge >= 0.3 is 0 Å². The molecule has 1 N–H and O–H groups in total. The minimum atomic E-state index is -0.616. The van der Waals surface area contributed by atoms with Crippen molar-refractivity contribution in [2.75, 3.05) is 0 Å². The number of nitrogens with one attached hydrogen (secondary N) is 1. The van der Waals surface area contributed by atoms with Gasteiger partial charge in [-0.2, -0.15) is 20.6 Å². The number of aromatic amines is 1. The first-order chi connectivity index (χ1) is 14.2. The van der Waals surface area contributed by atoms with E-state index in [-0.39, 0.29) is 17.6 Å². The molecule has 1 saturated carbocycles. The number of fused-ring (bicyclic) bond motifs is 3. The number of carbonyl (C=O) groups is 1. The van der Waals surface area contributed by atoms with Crippen molar-refractivity contribution in [3.05, 3.63) is 65.6 Å². The van der Waals surface area contributed by atoms with Crippen molar-refractivity contribution in [1.82, 2.24) is 20.4 Å². The molecule has 144 valence electrons. The molecule has 29 heavy (non-hydrogen) atoms. The van der Waals surface area contributed by atoms with E-state index in [2.05, 4.69) is 33.5 Å². The SMILES string of the molecule is C[C@@H]1C(=O)C(C#N)C[C@]2(c3ccccc3)c3n[nH]c(-c4ccnnc4)c3CC[C@@H]12. The van der Waals surface area contributed by atoms with Crippen molar-refractivity contribution in [1.29, 1.82) is 5.26 Å². The maximum atomic E-state index is 12.9. The molecule has 2 aliphatic carbocycles. The maximum absolute atomic E-state index is 12.9. The van der Waals surface area contributed by atoms with Gasteiger partial charge in [0.25, 0.3) is 0 Å². The Balaban J connectivity index is 1.76. The Morgan fingerprint density at radius 2 is 2.03 bits per heavy atom. The lowest BCUT2D eigenvalue weighted by molar-refractivity contribution is -0.131. The Bertz CT molecular complexity index is 1100. The smallest absolute Gasteiger partial charge is 0.153 e. The molecule has 1 fully saturated rings. The van der Waals surface area contributed by atoms with Crippen molar-refractivity contribution >= 4 is 5.78 Å². The van der Waals surface area contributed by atoms with Gasteiger partial charge in [0, 0.05) is 22.5 Å². The number of aromatic nitrogens is 4. The van der Waals surface area contributed by atoms with Gasteiger partial charge in [-0.1, -0.05) is 37.3 Å². The van der Waals surface area contributed by atoms with Crippen LogP contribution in [0.4, 0.5) is 0 Å². The first-order valence-electron chi connectivity index (χ1n) is 10.0. The number of rotatable bonds is 2. The van der Waals surface area contributed by atoms with Gasteiger partial charge in [-0.25, -0.2) is 0 Å². The van der Waals surface area contributed by atoms with Gasteiger partial charge in [-0.3, -0.25) is 9.89 Å². The zero-order valence-electron chi connectivity index (χ0n) is 16.2. The standard InChI is InChI=1S/C23H21N5O/c1-14-19-8-7-18-20(15-9-10-25-26-13-15)27-28-22(18)23(19,11-16(12-24)21(14)29)17-5-3-2-4-6-17/h2-6,9-10,13-14,16,19H,7-8,11H2,1H3,(H,27,28)/t14-,16?,19-,23+/m0/s1. The normalized spacial score (nSPS) is 28.3.